The molecular weight excluding hydrogens is 165 g/mol. The van der Waals surface area contributed by atoms with Crippen LogP contribution in [-0.2, 0) is 0 Å². The first-order valence-electron chi connectivity index (χ1n) is 1.48. The molecule has 1 nitrogen and oxygen atoms in total. The summed E-state index contributed by atoms with van der Waals surface area (Å²) in [5.74, 6) is 0. The molecule has 3 heteroatoms. The molecule has 40 valence electrons. The van der Waals surface area contributed by atoms with Crippen LogP contribution in [0.4, 0.5) is 0 Å². The summed E-state index contributed by atoms with van der Waals surface area (Å²) in [6.45, 7) is 0. The third-order valence-electron chi connectivity index (χ3n) is 0.239. The fraction of sp³-hybridized carbons (Fsp3) is 1.00. The van der Waals surface area contributed by atoms with Crippen LogP contribution in [0.5, 0.6) is 0 Å². The standard InChI is InChI=1S/C3H8BrN.ClH/c1-5(2)3-4;/h3H2,1-2H3;1H. The Bertz CT molecular complexity index is 24.8. The first kappa shape index (κ1) is 9.88. The minimum Gasteiger partial charge on any atom is -0.300 e. The fourth-order valence-corrected chi connectivity index (χ4v) is 0. The normalized spacial score (nSPS) is 8.00. The van der Waals surface area contributed by atoms with Crippen molar-refractivity contribution in [1.29, 1.82) is 0 Å². The van der Waals surface area contributed by atoms with Gasteiger partial charge in [0.2, 0.25) is 0 Å². The summed E-state index contributed by atoms with van der Waals surface area (Å²) < 4.78 is 0. The van der Waals surface area contributed by atoms with Crippen molar-refractivity contribution in [3.05, 3.63) is 0 Å². The molecule has 0 heterocycles. The van der Waals surface area contributed by atoms with Crippen LogP contribution in [-0.4, -0.2) is 24.4 Å². The minimum atomic E-state index is 0. The quantitative estimate of drug-likeness (QED) is 0.428. The van der Waals surface area contributed by atoms with Crippen LogP contribution in [0.1, 0.15) is 0 Å². The zero-order chi connectivity index (χ0) is 4.28. The first-order valence-corrected chi connectivity index (χ1v) is 2.60. The van der Waals surface area contributed by atoms with E-state index in [9.17, 15) is 0 Å². The molecule has 0 spiro atoms. The zero-order valence-corrected chi connectivity index (χ0v) is 6.34. The highest BCUT2D eigenvalue weighted by Crippen LogP contribution is 1.78. The third-order valence-corrected chi connectivity index (χ3v) is 1.24. The molecule has 0 aromatic rings. The Hall–Kier alpha value is 0.730. The number of alkyl halides is 1. The van der Waals surface area contributed by atoms with Gasteiger partial charge in [-0.2, -0.15) is 0 Å². The Balaban J connectivity index is 0. The molecule has 0 radical (unpaired) electrons. The largest absolute Gasteiger partial charge is 0.300 e. The SMILES string of the molecule is CN(C)CBr.Cl. The molecule has 0 N–H and O–H groups in total. The first-order chi connectivity index (χ1) is 2.27. The van der Waals surface area contributed by atoms with Crippen LogP contribution < -0.4 is 0 Å². The van der Waals surface area contributed by atoms with Crippen LogP contribution >= 0.6 is 28.3 Å². The molecule has 6 heavy (non-hydrogen) atoms. The van der Waals surface area contributed by atoms with Crippen molar-refractivity contribution in [1.82, 2.24) is 4.90 Å². The van der Waals surface area contributed by atoms with E-state index in [1.54, 1.807) is 0 Å². The molecule has 0 amide bonds. The van der Waals surface area contributed by atoms with E-state index in [0.717, 1.165) is 5.45 Å². The molecule has 0 aliphatic carbocycles. The van der Waals surface area contributed by atoms with E-state index in [4.69, 9.17) is 0 Å². The van der Waals surface area contributed by atoms with Crippen LogP contribution in [0.2, 0.25) is 0 Å². The molecule has 0 aliphatic heterocycles. The van der Waals surface area contributed by atoms with Crippen LogP contribution in [0.25, 0.3) is 0 Å². The van der Waals surface area contributed by atoms with Gasteiger partial charge in [0.1, 0.15) is 0 Å². The lowest BCUT2D eigenvalue weighted by Crippen LogP contribution is -2.06. The molecule has 0 fully saturated rings. The summed E-state index contributed by atoms with van der Waals surface area (Å²) in [5.41, 5.74) is 0.951. The van der Waals surface area contributed by atoms with Gasteiger partial charge in [0.25, 0.3) is 0 Å². The molecule has 0 saturated heterocycles. The smallest absolute Gasteiger partial charge is 0.0537 e. The van der Waals surface area contributed by atoms with Gasteiger partial charge in [0, 0.05) is 0 Å². The molecule has 0 saturated carbocycles. The van der Waals surface area contributed by atoms with E-state index in [1.807, 2.05) is 19.0 Å². The molecule has 0 aromatic carbocycles. The summed E-state index contributed by atoms with van der Waals surface area (Å²) in [7, 11) is 4.02. The third kappa shape index (κ3) is 8.83. The summed E-state index contributed by atoms with van der Waals surface area (Å²) in [6, 6.07) is 0. The van der Waals surface area contributed by atoms with Crippen LogP contribution in [0.3, 0.4) is 0 Å². The fourth-order valence-electron chi connectivity index (χ4n) is 0. The van der Waals surface area contributed by atoms with E-state index in [0.29, 0.717) is 0 Å². The number of hydrogen-bond acceptors (Lipinski definition) is 1. The minimum absolute atomic E-state index is 0. The molecule has 0 bridgehead atoms. The Labute approximate surface area is 53.2 Å². The Kier molecular flexibility index (Phi) is 9.43. The monoisotopic (exact) mass is 173 g/mol. The van der Waals surface area contributed by atoms with E-state index in [-0.39, 0.29) is 12.4 Å². The van der Waals surface area contributed by atoms with Gasteiger partial charge in [0.15, 0.2) is 0 Å². The second-order valence-electron chi connectivity index (χ2n) is 1.20. The molecule has 0 rings (SSSR count). The number of halogens is 2. The molecule has 0 aromatic heterocycles. The van der Waals surface area contributed by atoms with Gasteiger partial charge in [-0.05, 0) is 14.1 Å². The number of rotatable bonds is 1. The lowest BCUT2D eigenvalue weighted by molar-refractivity contribution is 0.490. The highest BCUT2D eigenvalue weighted by molar-refractivity contribution is 9.09. The van der Waals surface area contributed by atoms with E-state index >= 15 is 0 Å². The van der Waals surface area contributed by atoms with Crippen molar-refractivity contribution in [3.8, 4) is 0 Å². The average molecular weight is 174 g/mol. The Morgan fingerprint density at radius 1 is 1.50 bits per heavy atom. The topological polar surface area (TPSA) is 3.24 Å². The zero-order valence-electron chi connectivity index (χ0n) is 3.94. The highest BCUT2D eigenvalue weighted by atomic mass is 79.9. The second-order valence-corrected chi connectivity index (χ2v) is 1.70. The van der Waals surface area contributed by atoms with Gasteiger partial charge in [-0.1, -0.05) is 15.9 Å². The summed E-state index contributed by atoms with van der Waals surface area (Å²) >= 11 is 3.24. The molecule has 0 unspecified atom stereocenters. The lowest BCUT2D eigenvalue weighted by Gasteiger charge is -1.98. The summed E-state index contributed by atoms with van der Waals surface area (Å²) in [6.07, 6.45) is 0. The molecule has 0 atom stereocenters. The van der Waals surface area contributed by atoms with E-state index < -0.39 is 0 Å². The lowest BCUT2D eigenvalue weighted by atomic mass is 11.0. The second kappa shape index (κ2) is 5.73. The van der Waals surface area contributed by atoms with Crippen molar-refractivity contribution in [2.75, 3.05) is 19.5 Å². The van der Waals surface area contributed by atoms with Crippen molar-refractivity contribution in [2.45, 2.75) is 0 Å². The summed E-state index contributed by atoms with van der Waals surface area (Å²) in [5, 5.41) is 0. The van der Waals surface area contributed by atoms with E-state index in [1.165, 1.54) is 0 Å². The van der Waals surface area contributed by atoms with Gasteiger partial charge in [0.05, 0.1) is 5.45 Å². The van der Waals surface area contributed by atoms with Gasteiger partial charge in [-0.15, -0.1) is 12.4 Å². The number of hydrogen-bond donors (Lipinski definition) is 0. The van der Waals surface area contributed by atoms with Crippen molar-refractivity contribution >= 4 is 28.3 Å². The van der Waals surface area contributed by atoms with Gasteiger partial charge in [-0.3, -0.25) is 4.90 Å². The van der Waals surface area contributed by atoms with Crippen molar-refractivity contribution < 1.29 is 0 Å². The maximum absolute atomic E-state index is 3.24. The molecule has 0 aliphatic rings. The summed E-state index contributed by atoms with van der Waals surface area (Å²) in [4.78, 5) is 2.04. The Morgan fingerprint density at radius 3 is 1.67 bits per heavy atom. The highest BCUT2D eigenvalue weighted by Gasteiger charge is 1.74. The predicted octanol–water partition coefficient (Wildman–Crippen LogP) is 1.32. The van der Waals surface area contributed by atoms with Gasteiger partial charge >= 0.3 is 0 Å². The van der Waals surface area contributed by atoms with Gasteiger partial charge in [-0.25, -0.2) is 0 Å². The van der Waals surface area contributed by atoms with Crippen molar-refractivity contribution in [3.63, 3.8) is 0 Å². The maximum atomic E-state index is 3.24. The van der Waals surface area contributed by atoms with Crippen LogP contribution in [0.15, 0.2) is 0 Å². The Morgan fingerprint density at radius 2 is 1.67 bits per heavy atom. The van der Waals surface area contributed by atoms with Crippen molar-refractivity contribution in [2.24, 2.45) is 0 Å². The average Bonchev–Trinajstić information content (AvgIpc) is 1.38. The van der Waals surface area contributed by atoms with Crippen LogP contribution in [0, 0.1) is 0 Å². The predicted molar refractivity (Wildman–Crippen MR) is 34.7 cm³/mol. The van der Waals surface area contributed by atoms with Gasteiger partial charge < -0.3 is 0 Å². The number of nitrogens with zero attached hydrogens (tertiary/aromatic N) is 1. The van der Waals surface area contributed by atoms with E-state index in [2.05, 4.69) is 15.9 Å². The molecular formula is C3H9BrClN. The maximum Gasteiger partial charge on any atom is 0.0537 e.